The van der Waals surface area contributed by atoms with Crippen LogP contribution in [0.25, 0.3) is 0 Å². The third kappa shape index (κ3) is 4.23. The SMILES string of the molecule is CCC(=O)Nc1cccc(C(=O)Nc2ccc(Cl)cc2Cl)c1. The number of hydrogen-bond donors (Lipinski definition) is 2. The van der Waals surface area contributed by atoms with Crippen molar-refractivity contribution in [3.05, 3.63) is 58.1 Å². The van der Waals surface area contributed by atoms with E-state index in [9.17, 15) is 9.59 Å². The number of carbonyl (C=O) groups is 2. The summed E-state index contributed by atoms with van der Waals surface area (Å²) in [5.41, 5.74) is 1.46. The average molecular weight is 337 g/mol. The number of halogens is 2. The zero-order valence-electron chi connectivity index (χ0n) is 11.8. The molecule has 0 atom stereocenters. The van der Waals surface area contributed by atoms with Gasteiger partial charge in [-0.05, 0) is 36.4 Å². The Hall–Kier alpha value is -2.04. The number of anilines is 2. The van der Waals surface area contributed by atoms with Gasteiger partial charge in [0.15, 0.2) is 0 Å². The quantitative estimate of drug-likeness (QED) is 0.857. The van der Waals surface area contributed by atoms with Gasteiger partial charge < -0.3 is 10.6 Å². The van der Waals surface area contributed by atoms with Crippen LogP contribution in [0.3, 0.4) is 0 Å². The molecule has 0 aliphatic carbocycles. The fourth-order valence-corrected chi connectivity index (χ4v) is 2.23. The number of benzene rings is 2. The lowest BCUT2D eigenvalue weighted by molar-refractivity contribution is -0.115. The molecule has 2 rings (SSSR count). The van der Waals surface area contributed by atoms with Crippen LogP contribution in [0.4, 0.5) is 11.4 Å². The van der Waals surface area contributed by atoms with Crippen LogP contribution in [0.15, 0.2) is 42.5 Å². The molecule has 6 heteroatoms. The smallest absolute Gasteiger partial charge is 0.255 e. The monoisotopic (exact) mass is 336 g/mol. The predicted octanol–water partition coefficient (Wildman–Crippen LogP) is 4.59. The Balaban J connectivity index is 2.15. The fraction of sp³-hybridized carbons (Fsp3) is 0.125. The summed E-state index contributed by atoms with van der Waals surface area (Å²) in [7, 11) is 0. The standard InChI is InChI=1S/C16H14Cl2N2O2/c1-2-15(21)19-12-5-3-4-10(8-12)16(22)20-14-7-6-11(17)9-13(14)18/h3-9H,2H2,1H3,(H,19,21)(H,20,22). The molecule has 2 aromatic carbocycles. The molecule has 2 amide bonds. The van der Waals surface area contributed by atoms with Crippen molar-refractivity contribution in [2.75, 3.05) is 10.6 Å². The van der Waals surface area contributed by atoms with Gasteiger partial charge in [0.2, 0.25) is 5.91 Å². The molecular weight excluding hydrogens is 323 g/mol. The summed E-state index contributed by atoms with van der Waals surface area (Å²) in [5.74, 6) is -0.435. The largest absolute Gasteiger partial charge is 0.326 e. The highest BCUT2D eigenvalue weighted by Gasteiger charge is 2.10. The zero-order chi connectivity index (χ0) is 16.1. The Kier molecular flexibility index (Phi) is 5.41. The zero-order valence-corrected chi connectivity index (χ0v) is 13.3. The highest BCUT2D eigenvalue weighted by molar-refractivity contribution is 6.36. The van der Waals surface area contributed by atoms with Crippen molar-refractivity contribution in [3.63, 3.8) is 0 Å². The number of amides is 2. The lowest BCUT2D eigenvalue weighted by atomic mass is 10.1. The molecule has 0 aliphatic rings. The molecule has 114 valence electrons. The second-order valence-electron chi connectivity index (χ2n) is 4.56. The summed E-state index contributed by atoms with van der Waals surface area (Å²) in [6.07, 6.45) is 0.372. The number of rotatable bonds is 4. The maximum atomic E-state index is 12.2. The van der Waals surface area contributed by atoms with Crippen molar-refractivity contribution in [3.8, 4) is 0 Å². The van der Waals surface area contributed by atoms with Crippen LogP contribution in [-0.4, -0.2) is 11.8 Å². The van der Waals surface area contributed by atoms with Crippen LogP contribution in [0.2, 0.25) is 10.0 Å². The molecule has 22 heavy (non-hydrogen) atoms. The minimum absolute atomic E-state index is 0.113. The highest BCUT2D eigenvalue weighted by atomic mass is 35.5. The summed E-state index contributed by atoms with van der Waals surface area (Å²) in [4.78, 5) is 23.6. The predicted molar refractivity (Wildman–Crippen MR) is 89.8 cm³/mol. The van der Waals surface area contributed by atoms with Gasteiger partial charge in [0.25, 0.3) is 5.91 Å². The van der Waals surface area contributed by atoms with E-state index in [1.54, 1.807) is 49.4 Å². The molecule has 0 heterocycles. The molecule has 0 bridgehead atoms. The first-order valence-corrected chi connectivity index (χ1v) is 7.41. The average Bonchev–Trinajstić information content (AvgIpc) is 2.50. The first-order chi connectivity index (χ1) is 10.5. The van der Waals surface area contributed by atoms with Gasteiger partial charge in [0.05, 0.1) is 10.7 Å². The topological polar surface area (TPSA) is 58.2 Å². The Labute approximate surface area is 138 Å². The van der Waals surface area contributed by atoms with E-state index in [-0.39, 0.29) is 11.8 Å². The van der Waals surface area contributed by atoms with E-state index in [2.05, 4.69) is 10.6 Å². The molecule has 4 nitrogen and oxygen atoms in total. The Morgan fingerprint density at radius 2 is 1.82 bits per heavy atom. The third-order valence-electron chi connectivity index (χ3n) is 2.91. The Bertz CT molecular complexity index is 717. The van der Waals surface area contributed by atoms with Crippen LogP contribution < -0.4 is 10.6 Å². The van der Waals surface area contributed by atoms with Gasteiger partial charge in [-0.1, -0.05) is 36.2 Å². The van der Waals surface area contributed by atoms with Crippen molar-refractivity contribution >= 4 is 46.4 Å². The van der Waals surface area contributed by atoms with E-state index >= 15 is 0 Å². The van der Waals surface area contributed by atoms with E-state index in [1.807, 2.05) is 0 Å². The van der Waals surface area contributed by atoms with Gasteiger partial charge in [-0.2, -0.15) is 0 Å². The molecular formula is C16H14Cl2N2O2. The maximum Gasteiger partial charge on any atom is 0.255 e. The molecule has 0 saturated carbocycles. The van der Waals surface area contributed by atoms with E-state index in [1.165, 1.54) is 0 Å². The molecule has 0 fully saturated rings. The van der Waals surface area contributed by atoms with Gasteiger partial charge in [0, 0.05) is 22.7 Å². The lowest BCUT2D eigenvalue weighted by Gasteiger charge is -2.09. The van der Waals surface area contributed by atoms with Crippen LogP contribution >= 0.6 is 23.2 Å². The molecule has 0 unspecified atom stereocenters. The molecule has 0 aliphatic heterocycles. The van der Waals surface area contributed by atoms with Gasteiger partial charge >= 0.3 is 0 Å². The minimum Gasteiger partial charge on any atom is -0.326 e. The van der Waals surface area contributed by atoms with E-state index in [0.29, 0.717) is 33.4 Å². The van der Waals surface area contributed by atoms with Crippen molar-refractivity contribution in [1.82, 2.24) is 0 Å². The number of nitrogens with one attached hydrogen (secondary N) is 2. The van der Waals surface area contributed by atoms with Crippen molar-refractivity contribution < 1.29 is 9.59 Å². The van der Waals surface area contributed by atoms with Crippen molar-refractivity contribution in [2.45, 2.75) is 13.3 Å². The lowest BCUT2D eigenvalue weighted by Crippen LogP contribution is -2.14. The summed E-state index contributed by atoms with van der Waals surface area (Å²) >= 11 is 11.8. The highest BCUT2D eigenvalue weighted by Crippen LogP contribution is 2.26. The number of hydrogen-bond acceptors (Lipinski definition) is 2. The van der Waals surface area contributed by atoms with Crippen molar-refractivity contribution in [2.24, 2.45) is 0 Å². The van der Waals surface area contributed by atoms with Crippen LogP contribution in [-0.2, 0) is 4.79 Å². The van der Waals surface area contributed by atoms with Gasteiger partial charge in [-0.3, -0.25) is 9.59 Å². The molecule has 0 aromatic heterocycles. The molecule has 0 radical (unpaired) electrons. The van der Waals surface area contributed by atoms with E-state index in [0.717, 1.165) is 0 Å². The van der Waals surface area contributed by atoms with Gasteiger partial charge in [-0.15, -0.1) is 0 Å². The molecule has 0 spiro atoms. The Morgan fingerprint density at radius 3 is 2.50 bits per heavy atom. The molecule has 2 aromatic rings. The number of carbonyl (C=O) groups excluding carboxylic acids is 2. The third-order valence-corrected chi connectivity index (χ3v) is 3.46. The van der Waals surface area contributed by atoms with Crippen molar-refractivity contribution in [1.29, 1.82) is 0 Å². The van der Waals surface area contributed by atoms with Crippen LogP contribution in [0.5, 0.6) is 0 Å². The van der Waals surface area contributed by atoms with Crippen LogP contribution in [0.1, 0.15) is 23.7 Å². The van der Waals surface area contributed by atoms with Gasteiger partial charge in [0.1, 0.15) is 0 Å². The van der Waals surface area contributed by atoms with Crippen LogP contribution in [0, 0.1) is 0 Å². The van der Waals surface area contributed by atoms with Gasteiger partial charge in [-0.25, -0.2) is 0 Å². The normalized spacial score (nSPS) is 10.1. The fourth-order valence-electron chi connectivity index (χ4n) is 1.77. The first-order valence-electron chi connectivity index (χ1n) is 6.66. The summed E-state index contributed by atoms with van der Waals surface area (Å²) in [5, 5.41) is 6.26. The first kappa shape index (κ1) is 16.3. The van der Waals surface area contributed by atoms with E-state index in [4.69, 9.17) is 23.2 Å². The summed E-state index contributed by atoms with van der Waals surface area (Å²) < 4.78 is 0. The second-order valence-corrected chi connectivity index (χ2v) is 5.40. The molecule has 0 saturated heterocycles. The maximum absolute atomic E-state index is 12.2. The summed E-state index contributed by atoms with van der Waals surface area (Å²) in [6.45, 7) is 1.76. The van der Waals surface area contributed by atoms with E-state index < -0.39 is 0 Å². The second kappa shape index (κ2) is 7.29. The minimum atomic E-state index is -0.322. The summed E-state index contributed by atoms with van der Waals surface area (Å²) in [6, 6.07) is 11.5. The Morgan fingerprint density at radius 1 is 1.05 bits per heavy atom. The molecule has 2 N–H and O–H groups in total.